The summed E-state index contributed by atoms with van der Waals surface area (Å²) in [5.41, 5.74) is 0.331. The first-order valence-corrected chi connectivity index (χ1v) is 14.4. The third-order valence-corrected chi connectivity index (χ3v) is 12.2. The number of carbonyl (C=O) groups is 1. The summed E-state index contributed by atoms with van der Waals surface area (Å²) < 4.78 is 21.4. The van der Waals surface area contributed by atoms with Crippen LogP contribution >= 0.6 is 15.9 Å². The van der Waals surface area contributed by atoms with E-state index in [4.69, 9.17) is 4.43 Å². The number of halogens is 2. The summed E-state index contributed by atoms with van der Waals surface area (Å²) in [5.74, 6) is -0.409. The summed E-state index contributed by atoms with van der Waals surface area (Å²) >= 11 is 3.25. The lowest BCUT2D eigenvalue weighted by molar-refractivity contribution is 0.0743. The molecule has 4 rings (SSSR count). The van der Waals surface area contributed by atoms with Crippen molar-refractivity contribution in [2.75, 3.05) is 6.61 Å². The van der Waals surface area contributed by atoms with Crippen LogP contribution < -0.4 is 10.4 Å². The van der Waals surface area contributed by atoms with Gasteiger partial charge in [0.15, 0.2) is 5.78 Å². The monoisotopic (exact) mass is 551 g/mol. The molecule has 1 N–H and O–H groups in total. The molecule has 0 fully saturated rings. The van der Waals surface area contributed by atoms with Crippen LogP contribution in [0.2, 0.25) is 5.04 Å². The first-order chi connectivity index (χ1) is 16.5. The average molecular weight is 553 g/mol. The number of Topliss-reactive ketones (excluding diaryl/α,β-unsaturated/α-hetero) is 1. The Labute approximate surface area is 216 Å². The fourth-order valence-electron chi connectivity index (χ4n) is 4.78. The lowest BCUT2D eigenvalue weighted by Crippen LogP contribution is -2.67. The summed E-state index contributed by atoms with van der Waals surface area (Å²) in [4.78, 5) is 16.8. The Morgan fingerprint density at radius 3 is 2.00 bits per heavy atom. The number of H-pyrrole nitrogens is 1. The zero-order valence-electron chi connectivity index (χ0n) is 20.8. The topological polar surface area (TPSA) is 42.1 Å². The number of aromatic nitrogens is 1. The maximum atomic E-state index is 14.0. The van der Waals surface area contributed by atoms with Gasteiger partial charge in [-0.3, -0.25) is 4.79 Å². The van der Waals surface area contributed by atoms with Gasteiger partial charge in [0.1, 0.15) is 5.82 Å². The van der Waals surface area contributed by atoms with Crippen molar-refractivity contribution in [3.8, 4) is 0 Å². The third kappa shape index (κ3) is 4.67. The summed E-state index contributed by atoms with van der Waals surface area (Å²) in [6, 6.07) is 23.9. The largest absolute Gasteiger partial charge is 0.406 e. The van der Waals surface area contributed by atoms with Crippen LogP contribution in [0.3, 0.4) is 0 Å². The Morgan fingerprint density at radius 1 is 0.943 bits per heavy atom. The molecule has 0 spiro atoms. The van der Waals surface area contributed by atoms with Crippen molar-refractivity contribution in [3.05, 3.63) is 94.8 Å². The molecular formula is C29H31BrFNO2Si. The zero-order valence-corrected chi connectivity index (χ0v) is 23.4. The average Bonchev–Trinajstić information content (AvgIpc) is 3.22. The van der Waals surface area contributed by atoms with Gasteiger partial charge < -0.3 is 9.41 Å². The van der Waals surface area contributed by atoms with Gasteiger partial charge in [0.2, 0.25) is 0 Å². The minimum atomic E-state index is -2.78. The van der Waals surface area contributed by atoms with Crippen LogP contribution in [0.1, 0.15) is 45.0 Å². The fraction of sp³-hybridized carbons (Fsp3) is 0.276. The molecule has 0 aliphatic carbocycles. The highest BCUT2D eigenvalue weighted by atomic mass is 79.9. The maximum Gasteiger partial charge on any atom is 0.261 e. The van der Waals surface area contributed by atoms with Crippen LogP contribution in [0.4, 0.5) is 4.39 Å². The Kier molecular flexibility index (Phi) is 6.93. The van der Waals surface area contributed by atoms with Crippen LogP contribution in [-0.2, 0) is 4.43 Å². The number of rotatable bonds is 7. The molecule has 1 aromatic heterocycles. The van der Waals surface area contributed by atoms with E-state index in [0.717, 1.165) is 0 Å². The fourth-order valence-corrected chi connectivity index (χ4v) is 9.86. The van der Waals surface area contributed by atoms with Crippen LogP contribution in [0.25, 0.3) is 10.9 Å². The van der Waals surface area contributed by atoms with Gasteiger partial charge >= 0.3 is 0 Å². The van der Waals surface area contributed by atoms with Gasteiger partial charge in [0.05, 0.1) is 9.89 Å². The van der Waals surface area contributed by atoms with Crippen molar-refractivity contribution >= 4 is 51.3 Å². The van der Waals surface area contributed by atoms with E-state index < -0.39 is 13.7 Å². The number of benzene rings is 3. The number of fused-ring (bicyclic) bond motifs is 1. The molecule has 4 aromatic rings. The number of ketones is 1. The highest BCUT2D eigenvalue weighted by Gasteiger charge is 2.51. The maximum absolute atomic E-state index is 14.0. The van der Waals surface area contributed by atoms with Crippen molar-refractivity contribution in [1.29, 1.82) is 0 Å². The first-order valence-electron chi connectivity index (χ1n) is 11.7. The molecule has 6 heteroatoms. The molecule has 0 aliphatic rings. The molecule has 0 unspecified atom stereocenters. The van der Waals surface area contributed by atoms with E-state index >= 15 is 0 Å². The van der Waals surface area contributed by atoms with Crippen LogP contribution in [-0.4, -0.2) is 25.7 Å². The van der Waals surface area contributed by atoms with Gasteiger partial charge in [-0.25, -0.2) is 4.39 Å². The van der Waals surface area contributed by atoms with E-state index in [2.05, 4.69) is 66.0 Å². The Morgan fingerprint density at radius 2 is 1.49 bits per heavy atom. The van der Waals surface area contributed by atoms with Crippen molar-refractivity contribution in [3.63, 3.8) is 0 Å². The number of carbonyl (C=O) groups excluding carboxylic acids is 1. The molecule has 0 saturated heterocycles. The number of nitrogens with one attached hydrogen (secondary N) is 1. The van der Waals surface area contributed by atoms with Crippen LogP contribution in [0.15, 0.2) is 83.5 Å². The molecule has 3 nitrogen and oxygen atoms in total. The lowest BCUT2D eigenvalue weighted by Gasteiger charge is -2.44. The summed E-state index contributed by atoms with van der Waals surface area (Å²) in [7, 11) is -2.78. The molecular weight excluding hydrogens is 521 g/mol. The SMILES string of the molecule is CC(C)(CO[Si](c1ccccc1)(c1ccccc1)C(C)(C)C)C(=O)c1c[nH]c2cc(F)c(Br)cc12. The zero-order chi connectivity index (χ0) is 25.4. The molecule has 0 aliphatic heterocycles. The van der Waals surface area contributed by atoms with Gasteiger partial charge in [-0.05, 0) is 43.5 Å². The Hall–Kier alpha value is -2.54. The Balaban J connectivity index is 1.75. The van der Waals surface area contributed by atoms with Crippen molar-refractivity contribution in [2.45, 2.75) is 39.7 Å². The highest BCUT2D eigenvalue weighted by molar-refractivity contribution is 9.10. The van der Waals surface area contributed by atoms with Crippen LogP contribution in [0.5, 0.6) is 0 Å². The van der Waals surface area contributed by atoms with Crippen molar-refractivity contribution < 1.29 is 13.6 Å². The predicted molar refractivity (Wildman–Crippen MR) is 148 cm³/mol. The first kappa shape index (κ1) is 25.5. The van der Waals surface area contributed by atoms with Gasteiger partial charge in [0, 0.05) is 29.3 Å². The predicted octanol–water partition coefficient (Wildman–Crippen LogP) is 6.86. The van der Waals surface area contributed by atoms with Crippen molar-refractivity contribution in [1.82, 2.24) is 4.98 Å². The highest BCUT2D eigenvalue weighted by Crippen LogP contribution is 2.39. The molecule has 0 bridgehead atoms. The molecule has 0 atom stereocenters. The second kappa shape index (κ2) is 9.49. The molecule has 1 heterocycles. The molecule has 3 aromatic carbocycles. The standard InChI is InChI=1S/C29H31BrFNO2Si/c1-28(2,3)35(20-12-8-6-9-13-20,21-14-10-7-11-15-21)34-19-29(4,5)27(33)23-18-32-26-17-25(31)24(30)16-22(23)26/h6-18,32H,19H2,1-5H3. The smallest absolute Gasteiger partial charge is 0.261 e. The number of aromatic amines is 1. The molecule has 35 heavy (non-hydrogen) atoms. The number of hydrogen-bond donors (Lipinski definition) is 1. The Bertz CT molecular complexity index is 1300. The summed E-state index contributed by atoms with van der Waals surface area (Å²) in [6.45, 7) is 10.8. The quantitative estimate of drug-likeness (QED) is 0.201. The molecule has 182 valence electrons. The second-order valence-electron chi connectivity index (χ2n) is 10.7. The normalized spacial score (nSPS) is 12.8. The van der Waals surface area contributed by atoms with Gasteiger partial charge in [-0.15, -0.1) is 0 Å². The van der Waals surface area contributed by atoms with E-state index in [1.807, 2.05) is 50.2 Å². The summed E-state index contributed by atoms with van der Waals surface area (Å²) in [6.07, 6.45) is 1.67. The lowest BCUT2D eigenvalue weighted by atomic mass is 9.85. The van der Waals surface area contributed by atoms with E-state index in [9.17, 15) is 9.18 Å². The molecule has 0 saturated carbocycles. The van der Waals surface area contributed by atoms with E-state index in [0.29, 0.717) is 20.9 Å². The van der Waals surface area contributed by atoms with E-state index in [-0.39, 0.29) is 23.2 Å². The van der Waals surface area contributed by atoms with Gasteiger partial charge in [-0.2, -0.15) is 0 Å². The van der Waals surface area contributed by atoms with Crippen LogP contribution in [0, 0.1) is 11.2 Å². The van der Waals surface area contributed by atoms with Crippen molar-refractivity contribution in [2.24, 2.45) is 5.41 Å². The molecule has 0 radical (unpaired) electrons. The molecule has 0 amide bonds. The minimum absolute atomic E-state index is 0.0415. The minimum Gasteiger partial charge on any atom is -0.406 e. The van der Waals surface area contributed by atoms with Gasteiger partial charge in [0.25, 0.3) is 8.32 Å². The van der Waals surface area contributed by atoms with E-state index in [1.165, 1.54) is 16.4 Å². The number of hydrogen-bond acceptors (Lipinski definition) is 2. The third-order valence-electron chi connectivity index (χ3n) is 6.65. The van der Waals surface area contributed by atoms with Gasteiger partial charge in [-0.1, -0.05) is 95.3 Å². The van der Waals surface area contributed by atoms with E-state index in [1.54, 1.807) is 12.3 Å². The summed E-state index contributed by atoms with van der Waals surface area (Å²) in [5, 5.41) is 2.86. The second-order valence-corrected chi connectivity index (χ2v) is 15.8.